The van der Waals surface area contributed by atoms with E-state index in [0.717, 1.165) is 6.42 Å². The Morgan fingerprint density at radius 1 is 1.20 bits per heavy atom. The van der Waals surface area contributed by atoms with Crippen molar-refractivity contribution in [3.63, 3.8) is 0 Å². The Morgan fingerprint density at radius 3 is 2.60 bits per heavy atom. The second kappa shape index (κ2) is 11.8. The minimum atomic E-state index is -4.42. The molecule has 3 rings (SSSR count). The molecular formula is C20H26F3IN4OS. The van der Waals surface area contributed by atoms with Gasteiger partial charge in [-0.1, -0.05) is 12.1 Å². The van der Waals surface area contributed by atoms with E-state index in [2.05, 4.69) is 15.6 Å². The van der Waals surface area contributed by atoms with Crippen LogP contribution in [0.1, 0.15) is 16.0 Å². The fourth-order valence-corrected chi connectivity index (χ4v) is 3.87. The number of anilines is 1. The fraction of sp³-hybridized carbons (Fsp3) is 0.450. The smallest absolute Gasteiger partial charge is 0.378 e. The first kappa shape index (κ1) is 24.7. The monoisotopic (exact) mass is 554 g/mol. The first-order valence-electron chi connectivity index (χ1n) is 9.47. The zero-order valence-corrected chi connectivity index (χ0v) is 19.8. The first-order valence-corrected chi connectivity index (χ1v) is 10.3. The second-order valence-corrected chi connectivity index (χ2v) is 7.65. The largest absolute Gasteiger partial charge is 0.416 e. The van der Waals surface area contributed by atoms with Gasteiger partial charge in [-0.25, -0.2) is 0 Å². The van der Waals surface area contributed by atoms with Gasteiger partial charge in [0.2, 0.25) is 0 Å². The van der Waals surface area contributed by atoms with E-state index >= 15 is 0 Å². The lowest BCUT2D eigenvalue weighted by atomic mass is 10.0. The summed E-state index contributed by atoms with van der Waals surface area (Å²) in [7, 11) is 1.60. The summed E-state index contributed by atoms with van der Waals surface area (Å²) in [6.07, 6.45) is -3.59. The fourth-order valence-electron chi connectivity index (χ4n) is 3.16. The minimum absolute atomic E-state index is 0. The van der Waals surface area contributed by atoms with Crippen LogP contribution in [-0.4, -0.2) is 45.9 Å². The third-order valence-electron chi connectivity index (χ3n) is 4.69. The van der Waals surface area contributed by atoms with Crippen molar-refractivity contribution in [2.75, 3.05) is 44.8 Å². The molecule has 2 heterocycles. The number of halogens is 4. The van der Waals surface area contributed by atoms with Gasteiger partial charge in [-0.2, -0.15) is 13.2 Å². The first-order chi connectivity index (χ1) is 14.0. The molecule has 2 N–H and O–H groups in total. The second-order valence-electron chi connectivity index (χ2n) is 6.62. The van der Waals surface area contributed by atoms with E-state index in [4.69, 9.17) is 4.74 Å². The summed E-state index contributed by atoms with van der Waals surface area (Å²) >= 11 is 1.67. The molecule has 5 nitrogen and oxygen atoms in total. The van der Waals surface area contributed by atoms with Crippen LogP contribution < -0.4 is 15.5 Å². The molecule has 0 saturated carbocycles. The molecule has 0 aliphatic carbocycles. The molecule has 0 unspecified atom stereocenters. The summed E-state index contributed by atoms with van der Waals surface area (Å²) < 4.78 is 46.2. The van der Waals surface area contributed by atoms with E-state index in [9.17, 15) is 13.2 Å². The number of nitrogens with zero attached hydrogens (tertiary/aromatic N) is 2. The molecule has 0 amide bonds. The normalized spacial score (nSPS) is 14.9. The Kier molecular flexibility index (Phi) is 9.69. The lowest BCUT2D eigenvalue weighted by molar-refractivity contribution is -0.138. The van der Waals surface area contributed by atoms with Gasteiger partial charge in [0.1, 0.15) is 0 Å². The Morgan fingerprint density at radius 2 is 1.97 bits per heavy atom. The number of alkyl halides is 3. The van der Waals surface area contributed by atoms with Crippen LogP contribution in [0.2, 0.25) is 0 Å². The van der Waals surface area contributed by atoms with Crippen LogP contribution >= 0.6 is 35.3 Å². The molecule has 2 aromatic rings. The van der Waals surface area contributed by atoms with Gasteiger partial charge < -0.3 is 20.3 Å². The number of hydrogen-bond acceptors (Lipinski definition) is 4. The molecule has 1 saturated heterocycles. The third kappa shape index (κ3) is 7.02. The maximum Gasteiger partial charge on any atom is 0.416 e. The van der Waals surface area contributed by atoms with Gasteiger partial charge in [0.25, 0.3) is 0 Å². The molecular weight excluding hydrogens is 528 g/mol. The van der Waals surface area contributed by atoms with Gasteiger partial charge in [-0.15, -0.1) is 35.3 Å². The lowest BCUT2D eigenvalue weighted by Gasteiger charge is -2.29. The minimum Gasteiger partial charge on any atom is -0.378 e. The molecule has 0 atom stereocenters. The zero-order valence-electron chi connectivity index (χ0n) is 16.7. The highest BCUT2D eigenvalue weighted by Gasteiger charge is 2.34. The van der Waals surface area contributed by atoms with Crippen LogP contribution in [0.25, 0.3) is 0 Å². The molecule has 1 aliphatic rings. The summed E-state index contributed by atoms with van der Waals surface area (Å²) in [6, 6.07) is 8.56. The Balaban J connectivity index is 0.00000320. The van der Waals surface area contributed by atoms with Crippen LogP contribution in [0.4, 0.5) is 18.9 Å². The number of nitrogens with one attached hydrogen (secondary N) is 2. The molecule has 166 valence electrons. The standard InChI is InChI=1S/C20H25F3N4OS.HI/c1-24-19(25-7-6-17-3-2-12-29-17)26-14-15-4-5-16(13-18(15)20(21,22)23)27-8-10-28-11-9-27;/h2-5,12-13H,6-11,14H2,1H3,(H2,24,25,26);1H. The van der Waals surface area contributed by atoms with Crippen molar-refractivity contribution in [1.82, 2.24) is 10.6 Å². The van der Waals surface area contributed by atoms with E-state index in [1.807, 2.05) is 22.4 Å². The van der Waals surface area contributed by atoms with Crippen molar-refractivity contribution in [3.8, 4) is 0 Å². The maximum absolute atomic E-state index is 13.6. The van der Waals surface area contributed by atoms with Crippen molar-refractivity contribution >= 4 is 47.0 Å². The number of aliphatic imine (C=N–C) groups is 1. The van der Waals surface area contributed by atoms with E-state index in [1.54, 1.807) is 30.5 Å². The Labute approximate surface area is 195 Å². The highest BCUT2D eigenvalue weighted by atomic mass is 127. The summed E-state index contributed by atoms with van der Waals surface area (Å²) in [4.78, 5) is 7.26. The van der Waals surface area contributed by atoms with Crippen molar-refractivity contribution in [2.45, 2.75) is 19.1 Å². The molecule has 0 radical (unpaired) electrons. The van der Waals surface area contributed by atoms with E-state index in [1.165, 1.54) is 10.9 Å². The van der Waals surface area contributed by atoms with Crippen molar-refractivity contribution in [2.24, 2.45) is 4.99 Å². The summed E-state index contributed by atoms with van der Waals surface area (Å²) in [5.41, 5.74) is 0.140. The predicted molar refractivity (Wildman–Crippen MR) is 126 cm³/mol. The molecule has 1 aromatic heterocycles. The summed E-state index contributed by atoms with van der Waals surface area (Å²) in [5, 5.41) is 8.14. The number of thiophene rings is 1. The zero-order chi connectivity index (χ0) is 20.7. The summed E-state index contributed by atoms with van der Waals surface area (Å²) in [6.45, 7) is 2.93. The molecule has 1 fully saturated rings. The van der Waals surface area contributed by atoms with Gasteiger partial charge >= 0.3 is 6.18 Å². The molecule has 1 aliphatic heterocycles. The summed E-state index contributed by atoms with van der Waals surface area (Å²) in [5.74, 6) is 0.479. The lowest BCUT2D eigenvalue weighted by Crippen LogP contribution is -2.38. The Hall–Kier alpha value is -1.53. The van der Waals surface area contributed by atoms with Crippen LogP contribution in [-0.2, 0) is 23.9 Å². The molecule has 30 heavy (non-hydrogen) atoms. The van der Waals surface area contributed by atoms with Crippen molar-refractivity contribution in [3.05, 3.63) is 51.7 Å². The molecule has 0 spiro atoms. The Bertz CT molecular complexity index is 809. The van der Waals surface area contributed by atoms with Gasteiger partial charge in [0.15, 0.2) is 5.96 Å². The van der Waals surface area contributed by atoms with Gasteiger partial charge in [-0.3, -0.25) is 4.99 Å². The highest BCUT2D eigenvalue weighted by Crippen LogP contribution is 2.35. The van der Waals surface area contributed by atoms with Crippen molar-refractivity contribution in [1.29, 1.82) is 0 Å². The average Bonchev–Trinajstić information content (AvgIpc) is 3.24. The number of morpholine rings is 1. The molecule has 0 bridgehead atoms. The van der Waals surface area contributed by atoms with Crippen LogP contribution in [0, 0.1) is 0 Å². The highest BCUT2D eigenvalue weighted by molar-refractivity contribution is 14.0. The van der Waals surface area contributed by atoms with E-state index in [-0.39, 0.29) is 36.1 Å². The van der Waals surface area contributed by atoms with Crippen LogP contribution in [0.15, 0.2) is 40.7 Å². The van der Waals surface area contributed by atoms with Gasteiger partial charge in [0, 0.05) is 43.8 Å². The van der Waals surface area contributed by atoms with E-state index in [0.29, 0.717) is 44.5 Å². The number of ether oxygens (including phenoxy) is 1. The number of benzene rings is 1. The topological polar surface area (TPSA) is 48.9 Å². The maximum atomic E-state index is 13.6. The number of hydrogen-bond donors (Lipinski definition) is 2. The quantitative estimate of drug-likeness (QED) is 0.321. The predicted octanol–water partition coefficient (Wildman–Crippen LogP) is 4.13. The average molecular weight is 554 g/mol. The number of guanidine groups is 1. The van der Waals surface area contributed by atoms with Crippen molar-refractivity contribution < 1.29 is 17.9 Å². The van der Waals surface area contributed by atoms with Gasteiger partial charge in [0.05, 0.1) is 18.8 Å². The van der Waals surface area contributed by atoms with Gasteiger partial charge in [-0.05, 0) is 35.6 Å². The molecule has 1 aromatic carbocycles. The van der Waals surface area contributed by atoms with E-state index < -0.39 is 11.7 Å². The van der Waals surface area contributed by atoms with Crippen LogP contribution in [0.3, 0.4) is 0 Å². The molecule has 10 heteroatoms. The third-order valence-corrected chi connectivity index (χ3v) is 5.63. The van der Waals surface area contributed by atoms with Crippen LogP contribution in [0.5, 0.6) is 0 Å². The number of rotatable bonds is 6. The SMILES string of the molecule is CN=C(NCCc1cccs1)NCc1ccc(N2CCOCC2)cc1C(F)(F)F.I.